The molecular weight excluding hydrogens is 512 g/mol. The number of halogens is 1. The number of benzene rings is 2. The number of carboxylic acids is 2. The van der Waals surface area contributed by atoms with Crippen LogP contribution < -0.4 is 21.9 Å². The van der Waals surface area contributed by atoms with Crippen molar-refractivity contribution in [2.45, 2.75) is 24.8 Å². The second-order valence-corrected chi connectivity index (χ2v) is 9.22. The minimum absolute atomic E-state index is 0. The highest BCUT2D eigenvalue weighted by Crippen LogP contribution is 2.47. The quantitative estimate of drug-likeness (QED) is 0.454. The van der Waals surface area contributed by atoms with Gasteiger partial charge >= 0.3 is 11.9 Å². The number of hydrogen-bond acceptors (Lipinski definition) is 5. The van der Waals surface area contributed by atoms with Crippen LogP contribution in [0.25, 0.3) is 16.3 Å². The van der Waals surface area contributed by atoms with E-state index in [-0.39, 0.29) is 30.1 Å². The first kappa shape index (κ1) is 24.0. The van der Waals surface area contributed by atoms with Crippen molar-refractivity contribution in [1.29, 1.82) is 0 Å². The van der Waals surface area contributed by atoms with Gasteiger partial charge in [-0.05, 0) is 54.2 Å². The Bertz CT molecular complexity index is 1240. The molecule has 1 aliphatic rings. The Kier molecular flexibility index (Phi) is 7.76. The van der Waals surface area contributed by atoms with Crippen LogP contribution in [0, 0.1) is 0 Å². The predicted octanol–water partition coefficient (Wildman–Crippen LogP) is 2.40. The molecule has 6 nitrogen and oxygen atoms in total. The maximum Gasteiger partial charge on any atom is 0.325 e. The van der Waals surface area contributed by atoms with Gasteiger partial charge in [0.1, 0.15) is 13.1 Å². The highest BCUT2D eigenvalue weighted by atomic mass is 79.9. The lowest BCUT2D eigenvalue weighted by molar-refractivity contribution is -0.138. The summed E-state index contributed by atoms with van der Waals surface area (Å²) in [5.41, 5.74) is 2.88. The van der Waals surface area contributed by atoms with E-state index in [1.54, 1.807) is 27.7 Å². The minimum Gasteiger partial charge on any atom is -1.00 e. The third-order valence-corrected chi connectivity index (χ3v) is 7.34. The van der Waals surface area contributed by atoms with E-state index in [9.17, 15) is 19.8 Å². The van der Waals surface area contributed by atoms with E-state index in [0.29, 0.717) is 6.42 Å². The van der Waals surface area contributed by atoms with E-state index in [0.717, 1.165) is 36.4 Å². The second-order valence-electron chi connectivity index (χ2n) is 7.13. The number of thioether (sulfide) groups is 1. The summed E-state index contributed by atoms with van der Waals surface area (Å²) in [6, 6.07) is 15.6. The van der Waals surface area contributed by atoms with Crippen LogP contribution in [0.2, 0.25) is 0 Å². The zero-order valence-electron chi connectivity index (χ0n) is 17.2. The SMILES string of the molecule is CC(CC=C[c+]1sc2ccccc2n1CC(=O)O)=C1Sc2ccccc2N1CC(=O)O.[Br-]. The number of rotatable bonds is 7. The highest BCUT2D eigenvalue weighted by molar-refractivity contribution is 8.03. The molecule has 9 heteroatoms. The van der Waals surface area contributed by atoms with E-state index in [1.807, 2.05) is 72.5 Å². The summed E-state index contributed by atoms with van der Waals surface area (Å²) in [5, 5.41) is 20.5. The standard InChI is InChI=1S/C23H20N2O4S2.BrH/c1-15(23-25(14-22(28)29)17-9-3-5-11-19(17)31-23)7-6-12-20-24(13-21(26)27)16-8-2-4-10-18(16)30-20;/h2-6,8-12H,7,13-14H2,1H3,(H-,26,27,28,29);1H. The van der Waals surface area contributed by atoms with Gasteiger partial charge in [0, 0.05) is 23.4 Å². The molecule has 0 spiro atoms. The number of para-hydroxylation sites is 2. The third kappa shape index (κ3) is 5.06. The van der Waals surface area contributed by atoms with Crippen molar-refractivity contribution < 1.29 is 36.8 Å². The monoisotopic (exact) mass is 532 g/mol. The van der Waals surface area contributed by atoms with Gasteiger partial charge < -0.3 is 32.1 Å². The number of aromatic nitrogens is 1. The van der Waals surface area contributed by atoms with E-state index >= 15 is 0 Å². The Morgan fingerprint density at radius 2 is 1.72 bits per heavy atom. The van der Waals surface area contributed by atoms with Gasteiger partial charge in [0.15, 0.2) is 15.2 Å². The van der Waals surface area contributed by atoms with Crippen LogP contribution in [-0.2, 0) is 16.1 Å². The summed E-state index contributed by atoms with van der Waals surface area (Å²) in [5.74, 6) is -1.76. The fourth-order valence-corrected chi connectivity index (χ4v) is 5.80. The number of allylic oxidation sites excluding steroid dienone is 2. The molecule has 0 saturated heterocycles. The molecule has 166 valence electrons. The Morgan fingerprint density at radius 3 is 2.47 bits per heavy atom. The fourth-order valence-electron chi connectivity index (χ4n) is 3.54. The molecular formula is C23H21BrN2O4S2. The van der Waals surface area contributed by atoms with Gasteiger partial charge in [-0.2, -0.15) is 0 Å². The average Bonchev–Trinajstić information content (AvgIpc) is 3.26. The molecule has 0 fully saturated rings. The first-order valence-corrected chi connectivity index (χ1v) is 11.3. The Labute approximate surface area is 204 Å². The molecule has 0 amide bonds. The van der Waals surface area contributed by atoms with Gasteiger partial charge in [-0.3, -0.25) is 9.59 Å². The maximum atomic E-state index is 11.4. The number of anilines is 1. The molecule has 2 N–H and O–H groups in total. The maximum absolute atomic E-state index is 11.4. The Balaban J connectivity index is 0.00000289. The predicted molar refractivity (Wildman–Crippen MR) is 125 cm³/mol. The Hall–Kier alpha value is -2.62. The van der Waals surface area contributed by atoms with Crippen LogP contribution in [0.15, 0.2) is 70.1 Å². The number of hydrogen-bond donors (Lipinski definition) is 2. The van der Waals surface area contributed by atoms with Crippen molar-refractivity contribution in [1.82, 2.24) is 4.57 Å². The smallest absolute Gasteiger partial charge is 0.325 e. The van der Waals surface area contributed by atoms with Crippen LogP contribution in [0.5, 0.6) is 0 Å². The van der Waals surface area contributed by atoms with Gasteiger partial charge in [-0.25, -0.2) is 4.57 Å². The van der Waals surface area contributed by atoms with Crippen molar-refractivity contribution in [2.75, 3.05) is 11.4 Å². The molecule has 0 bridgehead atoms. The van der Waals surface area contributed by atoms with E-state index < -0.39 is 11.9 Å². The van der Waals surface area contributed by atoms with E-state index in [4.69, 9.17) is 0 Å². The molecule has 0 radical (unpaired) electrons. The lowest BCUT2D eigenvalue weighted by Gasteiger charge is -2.19. The van der Waals surface area contributed by atoms with Crippen LogP contribution in [-0.4, -0.2) is 33.3 Å². The summed E-state index contributed by atoms with van der Waals surface area (Å²) in [6.07, 6.45) is 4.59. The summed E-state index contributed by atoms with van der Waals surface area (Å²) in [4.78, 5) is 25.6. The number of carboxylic acid groups (broad SMARTS) is 2. The summed E-state index contributed by atoms with van der Waals surface area (Å²) in [7, 11) is 0. The molecule has 1 aliphatic heterocycles. The molecule has 0 aliphatic carbocycles. The van der Waals surface area contributed by atoms with Crippen LogP contribution in [0.3, 0.4) is 0 Å². The zero-order valence-corrected chi connectivity index (χ0v) is 20.4. The number of nitrogens with zero attached hydrogens (tertiary/aromatic N) is 2. The summed E-state index contributed by atoms with van der Waals surface area (Å²) in [6.45, 7) is 1.82. The van der Waals surface area contributed by atoms with Crippen molar-refractivity contribution in [3.8, 4) is 0 Å². The van der Waals surface area contributed by atoms with E-state index in [2.05, 4.69) is 0 Å². The highest BCUT2D eigenvalue weighted by Gasteiger charge is 2.28. The van der Waals surface area contributed by atoms with Gasteiger partial charge in [0.2, 0.25) is 0 Å². The van der Waals surface area contributed by atoms with Crippen LogP contribution >= 0.6 is 23.1 Å². The first-order chi connectivity index (χ1) is 14.9. The summed E-state index contributed by atoms with van der Waals surface area (Å²) < 4.78 is 2.84. The Morgan fingerprint density at radius 1 is 1.03 bits per heavy atom. The zero-order chi connectivity index (χ0) is 22.0. The van der Waals surface area contributed by atoms with E-state index in [1.165, 1.54) is 0 Å². The van der Waals surface area contributed by atoms with Gasteiger partial charge in [-0.1, -0.05) is 23.9 Å². The number of fused-ring (bicyclic) bond motifs is 2. The lowest BCUT2D eigenvalue weighted by atomic mass is 10.2. The fraction of sp³-hybridized carbons (Fsp3) is 0.174. The number of thiazole rings is 1. The van der Waals surface area contributed by atoms with Crippen LogP contribution in [0.1, 0.15) is 18.4 Å². The molecule has 3 aromatic rings. The molecule has 2 aromatic carbocycles. The normalized spacial score (nSPS) is 14.5. The lowest BCUT2D eigenvalue weighted by Crippen LogP contribution is -3.00. The van der Waals surface area contributed by atoms with Crippen molar-refractivity contribution in [3.05, 3.63) is 70.2 Å². The molecule has 4 rings (SSSR count). The molecule has 0 saturated carbocycles. The van der Waals surface area contributed by atoms with Crippen molar-refractivity contribution >= 4 is 57.0 Å². The third-order valence-electron chi connectivity index (χ3n) is 4.88. The minimum atomic E-state index is -0.883. The second kappa shape index (κ2) is 10.3. The van der Waals surface area contributed by atoms with Crippen LogP contribution in [0.4, 0.5) is 5.69 Å². The largest absolute Gasteiger partial charge is 1.00 e. The molecule has 1 aromatic heterocycles. The van der Waals surface area contributed by atoms with Gasteiger partial charge in [0.05, 0.1) is 16.8 Å². The molecule has 0 atom stereocenters. The molecule has 32 heavy (non-hydrogen) atoms. The molecule has 2 heterocycles. The average molecular weight is 533 g/mol. The van der Waals surface area contributed by atoms with Gasteiger partial charge in [0.25, 0.3) is 0 Å². The van der Waals surface area contributed by atoms with Crippen molar-refractivity contribution in [2.24, 2.45) is 0 Å². The first-order valence-electron chi connectivity index (χ1n) is 9.69. The number of aliphatic carboxylic acids is 2. The van der Waals surface area contributed by atoms with Crippen molar-refractivity contribution in [3.63, 3.8) is 0 Å². The summed E-state index contributed by atoms with van der Waals surface area (Å²) >= 11 is 3.14. The topological polar surface area (TPSA) is 82.8 Å². The molecule has 0 unspecified atom stereocenters. The van der Waals surface area contributed by atoms with Gasteiger partial charge in [-0.15, -0.1) is 0 Å². The number of carbonyl (C=O) groups is 2.